The maximum atomic E-state index is 6.73. The fourth-order valence-electron chi connectivity index (χ4n) is 4.94. The summed E-state index contributed by atoms with van der Waals surface area (Å²) in [5.74, 6) is 0. The molecule has 3 rings (SSSR count). The van der Waals surface area contributed by atoms with Gasteiger partial charge in [0.2, 0.25) is 0 Å². The van der Waals surface area contributed by atoms with Gasteiger partial charge in [-0.3, -0.25) is 9.97 Å². The first-order chi connectivity index (χ1) is 19.7. The molecule has 0 unspecified atom stereocenters. The fraction of sp³-hybridized carbons (Fsp3) is 0.697. The van der Waals surface area contributed by atoms with Gasteiger partial charge in [0.05, 0.1) is 22.8 Å². The summed E-state index contributed by atoms with van der Waals surface area (Å²) in [6.07, 6.45) is 14.4. The molecule has 0 radical (unpaired) electrons. The maximum Gasteiger partial charge on any atom is 0.112 e. The van der Waals surface area contributed by atoms with E-state index in [1.54, 1.807) is 12.4 Å². The minimum atomic E-state index is -0.144. The van der Waals surface area contributed by atoms with Crippen LogP contribution in [-0.2, 0) is 25.4 Å². The summed E-state index contributed by atoms with van der Waals surface area (Å²) in [6, 6.07) is 8.90. The molecule has 1 aliphatic heterocycles. The lowest BCUT2D eigenvalue weighted by atomic mass is 9.94. The van der Waals surface area contributed by atoms with E-state index in [0.717, 1.165) is 89.9 Å². The summed E-state index contributed by atoms with van der Waals surface area (Å²) in [5, 5.41) is 0.288. The highest BCUT2D eigenvalue weighted by Crippen LogP contribution is 2.47. The number of nitrogens with zero attached hydrogens (tertiary/aromatic N) is 2. The van der Waals surface area contributed by atoms with E-state index in [1.807, 2.05) is 18.0 Å². The molecular formula is C33H52N2O4S. The molecule has 0 aliphatic carbocycles. The molecule has 2 aromatic rings. The van der Waals surface area contributed by atoms with Crippen LogP contribution in [-0.4, -0.2) is 66.6 Å². The molecule has 5 atom stereocenters. The molecule has 1 saturated heterocycles. The molecule has 1 aromatic heterocycles. The van der Waals surface area contributed by atoms with E-state index in [0.29, 0.717) is 6.61 Å². The SMILES string of the molecule is CCCCOC[C@H]1S[C@@H](c2cccc(Cc3cnccn3)c2)[C@H](OCCCC)[C@@H](OCCCC)[C@@H]1OCCCC. The smallest absolute Gasteiger partial charge is 0.112 e. The predicted octanol–water partition coefficient (Wildman–Crippen LogP) is 7.60. The average molecular weight is 573 g/mol. The van der Waals surface area contributed by atoms with Crippen LogP contribution in [0.4, 0.5) is 0 Å². The zero-order valence-corrected chi connectivity index (χ0v) is 26.1. The van der Waals surface area contributed by atoms with Crippen LogP contribution in [0, 0.1) is 0 Å². The Balaban J connectivity index is 1.93. The van der Waals surface area contributed by atoms with E-state index < -0.39 is 0 Å². The molecule has 0 spiro atoms. The van der Waals surface area contributed by atoms with Crippen molar-refractivity contribution < 1.29 is 18.9 Å². The summed E-state index contributed by atoms with van der Waals surface area (Å²) in [7, 11) is 0. The van der Waals surface area contributed by atoms with E-state index in [2.05, 4.69) is 61.9 Å². The Labute approximate surface area is 247 Å². The van der Waals surface area contributed by atoms with Gasteiger partial charge >= 0.3 is 0 Å². The van der Waals surface area contributed by atoms with Crippen LogP contribution in [0.25, 0.3) is 0 Å². The molecule has 0 bridgehead atoms. The molecule has 7 heteroatoms. The first kappa shape index (κ1) is 33.0. The molecule has 1 aliphatic rings. The lowest BCUT2D eigenvalue weighted by molar-refractivity contribution is -0.149. The molecule has 2 heterocycles. The van der Waals surface area contributed by atoms with E-state index in [-0.39, 0.29) is 28.8 Å². The van der Waals surface area contributed by atoms with E-state index in [9.17, 15) is 0 Å². The first-order valence-electron chi connectivity index (χ1n) is 15.6. The normalized spacial score (nSPS) is 22.9. The van der Waals surface area contributed by atoms with Crippen LogP contribution < -0.4 is 0 Å². The third-order valence-corrected chi connectivity index (χ3v) is 8.85. The van der Waals surface area contributed by atoms with Crippen molar-refractivity contribution in [1.82, 2.24) is 9.97 Å². The van der Waals surface area contributed by atoms with Crippen molar-refractivity contribution in [3.63, 3.8) is 0 Å². The number of hydrogen-bond acceptors (Lipinski definition) is 7. The van der Waals surface area contributed by atoms with Crippen molar-refractivity contribution in [1.29, 1.82) is 0 Å². The number of rotatable bonds is 20. The van der Waals surface area contributed by atoms with Crippen molar-refractivity contribution in [3.05, 3.63) is 59.7 Å². The lowest BCUT2D eigenvalue weighted by Gasteiger charge is -2.46. The number of aromatic nitrogens is 2. The Hall–Kier alpha value is -1.51. The third-order valence-electron chi connectivity index (χ3n) is 7.26. The third kappa shape index (κ3) is 10.7. The van der Waals surface area contributed by atoms with Gasteiger partial charge in [-0.1, -0.05) is 77.6 Å². The second-order valence-electron chi connectivity index (χ2n) is 10.7. The molecule has 40 heavy (non-hydrogen) atoms. The van der Waals surface area contributed by atoms with Crippen LogP contribution in [0.2, 0.25) is 0 Å². The minimum absolute atomic E-state index is 0.0688. The van der Waals surface area contributed by atoms with Crippen molar-refractivity contribution in [2.24, 2.45) is 0 Å². The standard InChI is InChI=1S/C33H52N2O4S/c1-5-9-18-36-25-29-30(37-19-10-6-2)31(38-20-11-7-3)32(39-21-12-8-4)33(40-29)27-15-13-14-26(22-27)23-28-24-34-16-17-35-28/h13-17,22,24,29-33H,5-12,18-21,23,25H2,1-4H3/t29-,30-,31+,32-,33+/m1/s1. The largest absolute Gasteiger partial charge is 0.380 e. The number of unbranched alkanes of at least 4 members (excludes halogenated alkanes) is 4. The van der Waals surface area contributed by atoms with Gasteiger partial charge in [0.25, 0.3) is 0 Å². The van der Waals surface area contributed by atoms with Gasteiger partial charge in [0.15, 0.2) is 0 Å². The Bertz CT molecular complexity index is 918. The van der Waals surface area contributed by atoms with Gasteiger partial charge in [0.1, 0.15) is 18.3 Å². The summed E-state index contributed by atoms with van der Waals surface area (Å²) < 4.78 is 26.3. The summed E-state index contributed by atoms with van der Waals surface area (Å²) in [4.78, 5) is 8.75. The second-order valence-corrected chi connectivity index (χ2v) is 12.1. The average Bonchev–Trinajstić information content (AvgIpc) is 2.98. The Morgan fingerprint density at radius 3 is 2.05 bits per heavy atom. The summed E-state index contributed by atoms with van der Waals surface area (Å²) in [6.45, 7) is 12.5. The quantitative estimate of drug-likeness (QED) is 0.151. The van der Waals surface area contributed by atoms with Crippen LogP contribution in [0.3, 0.4) is 0 Å². The van der Waals surface area contributed by atoms with Crippen molar-refractivity contribution in [2.75, 3.05) is 33.0 Å². The van der Waals surface area contributed by atoms with Gasteiger partial charge in [-0.05, 0) is 36.8 Å². The van der Waals surface area contributed by atoms with Crippen molar-refractivity contribution in [3.8, 4) is 0 Å². The monoisotopic (exact) mass is 572 g/mol. The molecular weight excluding hydrogens is 520 g/mol. The van der Waals surface area contributed by atoms with E-state index in [1.165, 1.54) is 11.1 Å². The molecule has 1 aromatic carbocycles. The topological polar surface area (TPSA) is 62.7 Å². The van der Waals surface area contributed by atoms with Crippen LogP contribution >= 0.6 is 11.8 Å². The second kappa shape index (κ2) is 19.6. The van der Waals surface area contributed by atoms with Gasteiger partial charge < -0.3 is 18.9 Å². The number of ether oxygens (including phenoxy) is 4. The predicted molar refractivity (Wildman–Crippen MR) is 165 cm³/mol. The van der Waals surface area contributed by atoms with Crippen molar-refractivity contribution in [2.45, 2.75) is 114 Å². The maximum absolute atomic E-state index is 6.73. The molecule has 224 valence electrons. The lowest BCUT2D eigenvalue weighted by Crippen LogP contribution is -2.55. The molecule has 0 saturated carbocycles. The van der Waals surface area contributed by atoms with Gasteiger partial charge in [-0.15, -0.1) is 11.8 Å². The summed E-state index contributed by atoms with van der Waals surface area (Å²) >= 11 is 1.95. The molecule has 1 fully saturated rings. The van der Waals surface area contributed by atoms with Gasteiger partial charge in [-0.25, -0.2) is 0 Å². The van der Waals surface area contributed by atoms with Gasteiger partial charge in [-0.2, -0.15) is 0 Å². The van der Waals surface area contributed by atoms with E-state index >= 15 is 0 Å². The molecule has 0 amide bonds. The molecule has 6 nitrogen and oxygen atoms in total. The Morgan fingerprint density at radius 2 is 1.40 bits per heavy atom. The van der Waals surface area contributed by atoms with Crippen LogP contribution in [0.1, 0.15) is 101 Å². The minimum Gasteiger partial charge on any atom is -0.380 e. The van der Waals surface area contributed by atoms with Crippen LogP contribution in [0.5, 0.6) is 0 Å². The van der Waals surface area contributed by atoms with Crippen LogP contribution in [0.15, 0.2) is 42.9 Å². The Morgan fingerprint density at radius 1 is 0.750 bits per heavy atom. The number of hydrogen-bond donors (Lipinski definition) is 0. The summed E-state index contributed by atoms with van der Waals surface area (Å²) in [5.41, 5.74) is 3.47. The molecule has 0 N–H and O–H groups in total. The fourth-order valence-corrected chi connectivity index (χ4v) is 6.57. The van der Waals surface area contributed by atoms with Gasteiger partial charge in [0, 0.05) is 51.4 Å². The first-order valence-corrected chi connectivity index (χ1v) is 16.6. The number of benzene rings is 1. The Kier molecular flexibility index (Phi) is 16.2. The highest BCUT2D eigenvalue weighted by Gasteiger charge is 2.48. The highest BCUT2D eigenvalue weighted by molar-refractivity contribution is 8.00. The highest BCUT2D eigenvalue weighted by atomic mass is 32.2. The number of thioether (sulfide) groups is 1. The van der Waals surface area contributed by atoms with Crippen molar-refractivity contribution >= 4 is 11.8 Å². The van der Waals surface area contributed by atoms with E-state index in [4.69, 9.17) is 18.9 Å². The zero-order chi connectivity index (χ0) is 28.4. The zero-order valence-electron chi connectivity index (χ0n) is 25.3.